The van der Waals surface area contributed by atoms with Crippen molar-refractivity contribution in [3.63, 3.8) is 0 Å². The largest absolute Gasteiger partial charge is 0.444 e. The van der Waals surface area contributed by atoms with Crippen molar-refractivity contribution in [2.75, 3.05) is 0 Å². The van der Waals surface area contributed by atoms with E-state index in [1.165, 1.54) is 5.56 Å². The molecule has 0 N–H and O–H groups in total. The zero-order chi connectivity index (χ0) is 16.1. The van der Waals surface area contributed by atoms with Gasteiger partial charge in [0.15, 0.2) is 0 Å². The summed E-state index contributed by atoms with van der Waals surface area (Å²) in [5, 5.41) is 0. The number of carbonyl (C=O) groups excluding carboxylic acids is 1. The second-order valence-electron chi connectivity index (χ2n) is 7.36. The quantitative estimate of drug-likeness (QED) is 0.739. The van der Waals surface area contributed by atoms with Gasteiger partial charge < -0.3 is 9.64 Å². The Labute approximate surface area is 140 Å². The zero-order valence-electron chi connectivity index (χ0n) is 13.6. The fraction of sp³-hybridized carbons (Fsp3) is 0.647. The smallest absolute Gasteiger partial charge is 0.410 e. The van der Waals surface area contributed by atoms with Gasteiger partial charge in [0.2, 0.25) is 0 Å². The normalized spacial score (nSPS) is 27.3. The van der Waals surface area contributed by atoms with E-state index in [9.17, 15) is 4.79 Å². The third-order valence-electron chi connectivity index (χ3n) is 4.62. The molecule has 3 rings (SSSR count). The van der Waals surface area contributed by atoms with Gasteiger partial charge in [-0.25, -0.2) is 4.79 Å². The monoisotopic (exact) mass is 366 g/mol. The average Bonchev–Trinajstić information content (AvgIpc) is 2.97. The molecule has 3 atom stereocenters. The maximum absolute atomic E-state index is 12.5. The van der Waals surface area contributed by atoms with Crippen LogP contribution in [0.5, 0.6) is 0 Å². The Morgan fingerprint density at radius 2 is 2.14 bits per heavy atom. The second kappa shape index (κ2) is 5.52. The first-order valence-electron chi connectivity index (χ1n) is 7.89. The van der Waals surface area contributed by atoms with Crippen LogP contribution in [0.4, 0.5) is 4.79 Å². The fourth-order valence-electron chi connectivity index (χ4n) is 3.67. The summed E-state index contributed by atoms with van der Waals surface area (Å²) in [5.41, 5.74) is 1.78. The Hall–Kier alpha value is -1.10. The third kappa shape index (κ3) is 2.87. The molecule has 2 bridgehead atoms. The molecule has 0 saturated carbocycles. The molecule has 3 unspecified atom stereocenters. The highest BCUT2D eigenvalue weighted by Crippen LogP contribution is 2.47. The summed E-state index contributed by atoms with van der Waals surface area (Å²) >= 11 is 3.56. The minimum absolute atomic E-state index is 0.165. The standard InChI is InChI=1S/C17H23BrN2O2/c1-10-14(18)7-11(9-19-10)13-8-12-5-6-15(13)20(12)16(21)22-17(2,3)4/h7,9,12-13,15H,5-6,8H2,1-4H3. The van der Waals surface area contributed by atoms with Crippen LogP contribution in [0.25, 0.3) is 0 Å². The van der Waals surface area contributed by atoms with E-state index in [2.05, 4.69) is 27.0 Å². The van der Waals surface area contributed by atoms with Crippen molar-refractivity contribution in [1.82, 2.24) is 9.88 Å². The van der Waals surface area contributed by atoms with Gasteiger partial charge in [-0.1, -0.05) is 0 Å². The number of fused-ring (bicyclic) bond motifs is 2. The van der Waals surface area contributed by atoms with E-state index in [1.807, 2.05) is 38.8 Å². The lowest BCUT2D eigenvalue weighted by Crippen LogP contribution is -2.40. The van der Waals surface area contributed by atoms with E-state index in [0.717, 1.165) is 29.4 Å². The summed E-state index contributed by atoms with van der Waals surface area (Å²) in [7, 11) is 0. The van der Waals surface area contributed by atoms with E-state index < -0.39 is 5.60 Å². The third-order valence-corrected chi connectivity index (χ3v) is 5.42. The van der Waals surface area contributed by atoms with Gasteiger partial charge >= 0.3 is 6.09 Å². The fourth-order valence-corrected chi connectivity index (χ4v) is 4.04. The van der Waals surface area contributed by atoms with Gasteiger partial charge in [0, 0.05) is 28.7 Å². The Morgan fingerprint density at radius 1 is 1.41 bits per heavy atom. The van der Waals surface area contributed by atoms with Gasteiger partial charge in [-0.3, -0.25) is 4.98 Å². The summed E-state index contributed by atoms with van der Waals surface area (Å²) in [6, 6.07) is 2.71. The van der Waals surface area contributed by atoms with Crippen molar-refractivity contribution < 1.29 is 9.53 Å². The Morgan fingerprint density at radius 3 is 2.77 bits per heavy atom. The minimum Gasteiger partial charge on any atom is -0.444 e. The molecule has 2 fully saturated rings. The first-order chi connectivity index (χ1) is 10.3. The van der Waals surface area contributed by atoms with Gasteiger partial charge in [-0.2, -0.15) is 0 Å². The van der Waals surface area contributed by atoms with Crippen molar-refractivity contribution in [2.24, 2.45) is 0 Å². The first-order valence-corrected chi connectivity index (χ1v) is 8.69. The van der Waals surface area contributed by atoms with Gasteiger partial charge in [0.05, 0.1) is 5.69 Å². The highest BCUT2D eigenvalue weighted by atomic mass is 79.9. The number of ether oxygens (including phenoxy) is 1. The number of pyridine rings is 1. The number of hydrogen-bond acceptors (Lipinski definition) is 3. The van der Waals surface area contributed by atoms with Crippen molar-refractivity contribution in [3.8, 4) is 0 Å². The number of amides is 1. The zero-order valence-corrected chi connectivity index (χ0v) is 15.2. The first kappa shape index (κ1) is 15.8. The highest BCUT2D eigenvalue weighted by Gasteiger charge is 2.50. The number of halogens is 1. The number of carbonyl (C=O) groups is 1. The Kier molecular flexibility index (Phi) is 3.96. The minimum atomic E-state index is -0.441. The van der Waals surface area contributed by atoms with E-state index in [4.69, 9.17) is 4.74 Å². The molecule has 1 aromatic heterocycles. The SMILES string of the molecule is Cc1ncc(C2CC3CCC2N3C(=O)OC(C)(C)C)cc1Br. The van der Waals surface area contributed by atoms with Crippen LogP contribution in [0.2, 0.25) is 0 Å². The predicted octanol–water partition coefficient (Wildman–Crippen LogP) is 4.41. The number of aryl methyl sites for hydroxylation is 1. The van der Waals surface area contributed by atoms with Crippen LogP contribution < -0.4 is 0 Å². The van der Waals surface area contributed by atoms with E-state index in [-0.39, 0.29) is 12.1 Å². The molecule has 2 aliphatic heterocycles. The lowest BCUT2D eigenvalue weighted by molar-refractivity contribution is 0.0213. The molecule has 4 nitrogen and oxygen atoms in total. The molecular weight excluding hydrogens is 344 g/mol. The van der Waals surface area contributed by atoms with Crippen molar-refractivity contribution in [1.29, 1.82) is 0 Å². The van der Waals surface area contributed by atoms with Crippen LogP contribution >= 0.6 is 15.9 Å². The van der Waals surface area contributed by atoms with Crippen LogP contribution in [0, 0.1) is 6.92 Å². The Balaban J connectivity index is 1.81. The highest BCUT2D eigenvalue weighted by molar-refractivity contribution is 9.10. The molecule has 0 aromatic carbocycles. The molecular formula is C17H23BrN2O2. The molecule has 0 aliphatic carbocycles. The van der Waals surface area contributed by atoms with Gasteiger partial charge in [-0.05, 0) is 74.5 Å². The summed E-state index contributed by atoms with van der Waals surface area (Å²) in [5.74, 6) is 0.371. The van der Waals surface area contributed by atoms with Crippen molar-refractivity contribution >= 4 is 22.0 Å². The number of hydrogen-bond donors (Lipinski definition) is 0. The van der Waals surface area contributed by atoms with Gasteiger partial charge in [0.1, 0.15) is 5.60 Å². The van der Waals surface area contributed by atoms with Crippen molar-refractivity contribution in [3.05, 3.63) is 28.0 Å². The molecule has 0 spiro atoms. The number of aromatic nitrogens is 1. The number of nitrogens with zero attached hydrogens (tertiary/aromatic N) is 2. The summed E-state index contributed by atoms with van der Waals surface area (Å²) in [6.45, 7) is 7.74. The lowest BCUT2D eigenvalue weighted by atomic mass is 9.84. The van der Waals surface area contributed by atoms with E-state index in [0.29, 0.717) is 12.0 Å². The van der Waals surface area contributed by atoms with Crippen LogP contribution in [0.3, 0.4) is 0 Å². The predicted molar refractivity (Wildman–Crippen MR) is 88.9 cm³/mol. The molecule has 3 heterocycles. The molecule has 2 saturated heterocycles. The second-order valence-corrected chi connectivity index (χ2v) is 8.22. The Bertz CT molecular complexity index is 597. The van der Waals surface area contributed by atoms with E-state index >= 15 is 0 Å². The summed E-state index contributed by atoms with van der Waals surface area (Å²) in [6.07, 6.45) is 4.95. The molecule has 1 amide bonds. The molecule has 120 valence electrons. The summed E-state index contributed by atoms with van der Waals surface area (Å²) in [4.78, 5) is 18.9. The lowest BCUT2D eigenvalue weighted by Gasteiger charge is -2.28. The van der Waals surface area contributed by atoms with Crippen LogP contribution in [0.1, 0.15) is 57.2 Å². The molecule has 2 aliphatic rings. The number of rotatable bonds is 1. The molecule has 1 aromatic rings. The molecule has 0 radical (unpaired) electrons. The van der Waals surface area contributed by atoms with Gasteiger partial charge in [0.25, 0.3) is 0 Å². The maximum Gasteiger partial charge on any atom is 0.410 e. The molecule has 5 heteroatoms. The van der Waals surface area contributed by atoms with E-state index in [1.54, 1.807) is 0 Å². The average molecular weight is 367 g/mol. The van der Waals surface area contributed by atoms with Gasteiger partial charge in [-0.15, -0.1) is 0 Å². The molecule has 22 heavy (non-hydrogen) atoms. The van der Waals surface area contributed by atoms with Crippen molar-refractivity contribution in [2.45, 2.75) is 70.6 Å². The van der Waals surface area contributed by atoms with Crippen LogP contribution in [0.15, 0.2) is 16.7 Å². The van der Waals surface area contributed by atoms with Crippen LogP contribution in [-0.2, 0) is 4.74 Å². The topological polar surface area (TPSA) is 42.4 Å². The summed E-state index contributed by atoms with van der Waals surface area (Å²) < 4.78 is 6.63. The van der Waals surface area contributed by atoms with Crippen LogP contribution in [-0.4, -0.2) is 33.7 Å². The maximum atomic E-state index is 12.5.